The van der Waals surface area contributed by atoms with Gasteiger partial charge in [-0.05, 0) is 60.7 Å². The van der Waals surface area contributed by atoms with Crippen molar-refractivity contribution >= 4 is 58.5 Å². The quantitative estimate of drug-likeness (QED) is 0.251. The maximum atomic E-state index is 15.2. The molecule has 14 heteroatoms. The Hall–Kier alpha value is -4.94. The van der Waals surface area contributed by atoms with E-state index in [4.69, 9.17) is 33.7 Å². The van der Waals surface area contributed by atoms with Crippen LogP contribution in [0.25, 0.3) is 0 Å². The Bertz CT molecular complexity index is 1970. The van der Waals surface area contributed by atoms with Gasteiger partial charge in [-0.15, -0.1) is 0 Å². The third-order valence-corrected chi connectivity index (χ3v) is 10.7. The van der Waals surface area contributed by atoms with Crippen molar-refractivity contribution in [3.8, 4) is 11.5 Å². The predicted octanol–water partition coefficient (Wildman–Crippen LogP) is 4.91. The van der Waals surface area contributed by atoms with Crippen LogP contribution in [0.5, 0.6) is 11.5 Å². The van der Waals surface area contributed by atoms with Gasteiger partial charge in [-0.25, -0.2) is 9.18 Å². The van der Waals surface area contributed by atoms with Crippen LogP contribution in [0, 0.1) is 29.5 Å². The number of para-hydroxylation sites is 1. The maximum absolute atomic E-state index is 15.2. The van der Waals surface area contributed by atoms with Crippen molar-refractivity contribution in [1.29, 1.82) is 0 Å². The largest absolute Gasteiger partial charge is 0.505 e. The second-order valence-corrected chi connectivity index (χ2v) is 13.1. The summed E-state index contributed by atoms with van der Waals surface area (Å²) in [5, 5.41) is 12.5. The van der Waals surface area contributed by atoms with Crippen LogP contribution in [0.2, 0.25) is 10.0 Å². The topological polar surface area (TPSA) is 159 Å². The number of nitrogens with zero attached hydrogens (tertiary/aromatic N) is 2. The Morgan fingerprint density at radius 2 is 1.75 bits per heavy atom. The maximum Gasteiger partial charge on any atom is 0.328 e. The molecule has 6 amide bonds. The highest BCUT2D eigenvalue weighted by Crippen LogP contribution is 2.65. The van der Waals surface area contributed by atoms with Gasteiger partial charge in [0.25, 0.3) is 11.8 Å². The number of aromatic hydroxyl groups is 1. The van der Waals surface area contributed by atoms with Gasteiger partial charge in [0.15, 0.2) is 11.6 Å². The first-order chi connectivity index (χ1) is 22.9. The number of methoxy groups -OCH3 is 1. The van der Waals surface area contributed by atoms with E-state index in [-0.39, 0.29) is 29.1 Å². The number of imide groups is 4. The van der Waals surface area contributed by atoms with Crippen LogP contribution in [-0.4, -0.2) is 51.8 Å². The van der Waals surface area contributed by atoms with E-state index in [1.165, 1.54) is 37.4 Å². The number of nitrogens with one attached hydrogen (secondary N) is 1. The fourth-order valence-corrected chi connectivity index (χ4v) is 8.62. The van der Waals surface area contributed by atoms with Gasteiger partial charge in [0.2, 0.25) is 11.8 Å². The molecule has 0 bridgehead atoms. The van der Waals surface area contributed by atoms with E-state index in [1.807, 2.05) is 0 Å². The van der Waals surface area contributed by atoms with E-state index >= 15 is 9.18 Å². The second-order valence-electron chi connectivity index (χ2n) is 12.2. The number of urea groups is 1. The number of amides is 6. The molecule has 4 N–H and O–H groups in total. The van der Waals surface area contributed by atoms with Crippen molar-refractivity contribution in [3.05, 3.63) is 99.3 Å². The number of rotatable bonds is 5. The first kappa shape index (κ1) is 31.6. The normalized spacial score (nSPS) is 27.8. The molecule has 1 saturated carbocycles. The molecule has 0 aromatic heterocycles. The molecule has 246 valence electrons. The van der Waals surface area contributed by atoms with Gasteiger partial charge in [-0.2, -0.15) is 9.91 Å². The average Bonchev–Trinajstić information content (AvgIpc) is 3.44. The standard InChI is InChI=1S/C34H27Cl2FN4O7/c1-48-17-8-5-15(6-9-17)34-22(30(44)41(32(34)46)39-25-12-7-16(35)13-23(25)36)14-21-18(27(34)20-3-2-4-24(37)28(20)42)10-11-19-26(21)31(45)40(29(19)43)33(38)47/h2-10,12-13,19,21-22,26-27,39,42H,11,14H2,1H3,(H2,38,47). The number of halogens is 3. The summed E-state index contributed by atoms with van der Waals surface area (Å²) < 4.78 is 20.5. The minimum atomic E-state index is -1.80. The Morgan fingerprint density at radius 3 is 2.42 bits per heavy atom. The molecule has 11 nitrogen and oxygen atoms in total. The van der Waals surface area contributed by atoms with Crippen molar-refractivity contribution in [3.63, 3.8) is 0 Å². The fourth-order valence-electron chi connectivity index (χ4n) is 8.17. The van der Waals surface area contributed by atoms with Crippen LogP contribution in [0.15, 0.2) is 72.3 Å². The van der Waals surface area contributed by atoms with Crippen LogP contribution in [0.1, 0.15) is 29.9 Å². The second kappa shape index (κ2) is 11.3. The number of nitrogens with two attached hydrogens (primary N) is 1. The van der Waals surface area contributed by atoms with Gasteiger partial charge in [-0.3, -0.25) is 24.6 Å². The molecule has 6 unspecified atom stereocenters. The molecule has 48 heavy (non-hydrogen) atoms. The number of carbonyl (C=O) groups is 5. The van der Waals surface area contributed by atoms with E-state index in [0.29, 0.717) is 26.8 Å². The fraction of sp³-hybridized carbons (Fsp3) is 0.265. The summed E-state index contributed by atoms with van der Waals surface area (Å²) in [5.41, 5.74) is 7.48. The van der Waals surface area contributed by atoms with E-state index in [9.17, 15) is 24.3 Å². The average molecular weight is 694 g/mol. The zero-order valence-electron chi connectivity index (χ0n) is 25.2. The summed E-state index contributed by atoms with van der Waals surface area (Å²) in [6.07, 6.45) is 1.60. The lowest BCUT2D eigenvalue weighted by molar-refractivity contribution is -0.139. The highest BCUT2D eigenvalue weighted by atomic mass is 35.5. The van der Waals surface area contributed by atoms with Crippen LogP contribution >= 0.6 is 23.2 Å². The first-order valence-electron chi connectivity index (χ1n) is 15.0. The monoisotopic (exact) mass is 692 g/mol. The van der Waals surface area contributed by atoms with Crippen LogP contribution < -0.4 is 15.9 Å². The lowest BCUT2D eigenvalue weighted by Crippen LogP contribution is -2.53. The Kier molecular flexibility index (Phi) is 7.48. The number of ether oxygens (including phenoxy) is 1. The number of primary amides is 1. The van der Waals surface area contributed by atoms with Crippen molar-refractivity contribution in [2.24, 2.45) is 29.4 Å². The van der Waals surface area contributed by atoms with Crippen molar-refractivity contribution in [1.82, 2.24) is 9.91 Å². The third kappa shape index (κ3) is 4.35. The zero-order chi connectivity index (χ0) is 34.2. The number of fused-ring (bicyclic) bond motifs is 4. The molecular formula is C34H27Cl2FN4O7. The first-order valence-corrected chi connectivity index (χ1v) is 15.8. The SMILES string of the molecule is COc1ccc(C23C(=O)N(Nc4ccc(Cl)cc4Cl)C(=O)C2CC2C(=CCC4C(=O)N(C(N)=O)C(=O)C42)C3c2cccc(F)c2O)cc1. The summed E-state index contributed by atoms with van der Waals surface area (Å²) in [7, 11) is 1.47. The molecule has 3 aromatic rings. The molecular weight excluding hydrogens is 666 g/mol. The van der Waals surface area contributed by atoms with Gasteiger partial charge in [0.05, 0.1) is 41.0 Å². The van der Waals surface area contributed by atoms with E-state index in [2.05, 4.69) is 5.43 Å². The molecule has 3 fully saturated rings. The zero-order valence-corrected chi connectivity index (χ0v) is 26.7. The number of allylic oxidation sites excluding steroid dienone is 2. The van der Waals surface area contributed by atoms with Gasteiger partial charge < -0.3 is 15.6 Å². The van der Waals surface area contributed by atoms with Crippen molar-refractivity contribution in [2.45, 2.75) is 24.2 Å². The summed E-state index contributed by atoms with van der Waals surface area (Å²) in [6.45, 7) is 0. The van der Waals surface area contributed by atoms with E-state index < -0.39 is 76.2 Å². The number of phenolic OH excluding ortho intramolecular Hbond substituents is 1. The summed E-state index contributed by atoms with van der Waals surface area (Å²) in [5.74, 6) is -9.52. The molecule has 0 spiro atoms. The van der Waals surface area contributed by atoms with Crippen LogP contribution in [0.3, 0.4) is 0 Å². The number of hydrazine groups is 1. The third-order valence-electron chi connectivity index (χ3n) is 10.1. The predicted molar refractivity (Wildman–Crippen MR) is 170 cm³/mol. The molecule has 2 saturated heterocycles. The highest BCUT2D eigenvalue weighted by molar-refractivity contribution is 6.36. The van der Waals surface area contributed by atoms with E-state index in [0.717, 1.165) is 11.1 Å². The number of phenols is 1. The molecule has 6 atom stereocenters. The number of carbonyl (C=O) groups excluding carboxylic acids is 5. The Morgan fingerprint density at radius 1 is 1.02 bits per heavy atom. The Balaban J connectivity index is 1.48. The Labute approximate surface area is 283 Å². The molecule has 4 aliphatic rings. The smallest absolute Gasteiger partial charge is 0.328 e. The van der Waals surface area contributed by atoms with Gasteiger partial charge >= 0.3 is 6.03 Å². The lowest BCUT2D eigenvalue weighted by atomic mass is 9.49. The molecule has 2 aliphatic heterocycles. The minimum Gasteiger partial charge on any atom is -0.505 e. The van der Waals surface area contributed by atoms with E-state index in [1.54, 1.807) is 30.3 Å². The van der Waals surface area contributed by atoms with Gasteiger partial charge in [0.1, 0.15) is 5.75 Å². The molecule has 3 aromatic carbocycles. The highest BCUT2D eigenvalue weighted by Gasteiger charge is 2.71. The van der Waals surface area contributed by atoms with Gasteiger partial charge in [-0.1, -0.05) is 59.1 Å². The molecule has 2 heterocycles. The number of anilines is 1. The number of benzene rings is 3. The minimum absolute atomic E-state index is 0.00118. The molecule has 7 rings (SSSR count). The molecule has 2 aliphatic carbocycles. The summed E-state index contributed by atoms with van der Waals surface area (Å²) in [6, 6.07) is 13.6. The van der Waals surface area contributed by atoms with Gasteiger partial charge in [0, 0.05) is 16.5 Å². The molecule has 0 radical (unpaired) electrons. The summed E-state index contributed by atoms with van der Waals surface area (Å²) in [4.78, 5) is 69.2. The van der Waals surface area contributed by atoms with Crippen LogP contribution in [-0.2, 0) is 24.6 Å². The number of likely N-dealkylation sites (tertiary alicyclic amines) is 1. The number of hydrogen-bond acceptors (Lipinski definition) is 8. The lowest BCUT2D eigenvalue weighted by Gasteiger charge is -2.50. The number of hydrogen-bond donors (Lipinski definition) is 3. The van der Waals surface area contributed by atoms with Crippen molar-refractivity contribution in [2.75, 3.05) is 12.5 Å². The summed E-state index contributed by atoms with van der Waals surface area (Å²) >= 11 is 12.5. The van der Waals surface area contributed by atoms with Crippen LogP contribution in [0.4, 0.5) is 14.9 Å². The van der Waals surface area contributed by atoms with Crippen molar-refractivity contribution < 1.29 is 38.2 Å².